The van der Waals surface area contributed by atoms with Crippen LogP contribution in [0.3, 0.4) is 0 Å². The molecule has 0 aliphatic rings. The Balaban J connectivity index is 3.13. The van der Waals surface area contributed by atoms with E-state index in [1.165, 1.54) is 12.0 Å². The lowest BCUT2D eigenvalue weighted by Crippen LogP contribution is -2.16. The van der Waals surface area contributed by atoms with Crippen LogP contribution in [-0.4, -0.2) is 37.6 Å². The Kier molecular flexibility index (Phi) is 5.02. The Labute approximate surface area is 112 Å². The molecule has 1 rings (SSSR count). The number of thioether (sulfide) groups is 1. The van der Waals surface area contributed by atoms with E-state index < -0.39 is 0 Å². The summed E-state index contributed by atoms with van der Waals surface area (Å²) in [4.78, 5) is 24.5. The number of amides is 1. The van der Waals surface area contributed by atoms with Crippen molar-refractivity contribution in [3.05, 3.63) is 22.2 Å². The largest absolute Gasteiger partial charge is 0.494 e. The van der Waals surface area contributed by atoms with E-state index >= 15 is 0 Å². The molecule has 6 heteroatoms. The van der Waals surface area contributed by atoms with Crippen molar-refractivity contribution < 1.29 is 14.3 Å². The van der Waals surface area contributed by atoms with Gasteiger partial charge in [0.2, 0.25) is 0 Å². The van der Waals surface area contributed by atoms with Gasteiger partial charge in [-0.15, -0.1) is 0 Å². The predicted molar refractivity (Wildman–Crippen MR) is 71.0 cm³/mol. The topological polar surface area (TPSA) is 46.6 Å². The first-order valence-electron chi connectivity index (χ1n) is 4.72. The molecule has 0 spiro atoms. The minimum Gasteiger partial charge on any atom is -0.494 e. The van der Waals surface area contributed by atoms with E-state index in [0.29, 0.717) is 20.7 Å². The van der Waals surface area contributed by atoms with E-state index in [0.717, 1.165) is 18.0 Å². The Hall–Kier alpha value is -1.01. The van der Waals surface area contributed by atoms with Crippen LogP contribution in [-0.2, 0) is 0 Å². The molecule has 0 aliphatic heterocycles. The highest BCUT2D eigenvalue weighted by Crippen LogP contribution is 2.38. The molecule has 0 fully saturated rings. The standard InChI is InChI=1S/C11H12BrNO3S/c1-13(2)11(15)17-8-5-4-7(6-14)9(12)10(8)16-3/h4-6H,1-3H3. The van der Waals surface area contributed by atoms with E-state index in [-0.39, 0.29) is 5.24 Å². The van der Waals surface area contributed by atoms with Crippen LogP contribution >= 0.6 is 27.7 Å². The molecular weight excluding hydrogens is 306 g/mol. The molecule has 0 N–H and O–H groups in total. The maximum Gasteiger partial charge on any atom is 0.286 e. The molecule has 17 heavy (non-hydrogen) atoms. The SMILES string of the molecule is COc1c(SC(=O)N(C)C)ccc(C=O)c1Br. The maximum atomic E-state index is 11.6. The summed E-state index contributed by atoms with van der Waals surface area (Å²) in [6, 6.07) is 3.34. The van der Waals surface area contributed by atoms with E-state index in [1.54, 1.807) is 26.2 Å². The molecule has 0 bridgehead atoms. The highest BCUT2D eigenvalue weighted by molar-refractivity contribution is 9.10. The smallest absolute Gasteiger partial charge is 0.286 e. The van der Waals surface area contributed by atoms with Gasteiger partial charge in [-0.05, 0) is 39.8 Å². The molecule has 92 valence electrons. The Bertz CT molecular complexity index is 449. The fraction of sp³-hybridized carbons (Fsp3) is 0.273. The first-order chi connectivity index (χ1) is 8.01. The molecule has 0 atom stereocenters. The van der Waals surface area contributed by atoms with Gasteiger partial charge in [-0.1, -0.05) is 0 Å². The molecule has 4 nitrogen and oxygen atoms in total. The Morgan fingerprint density at radius 1 is 1.47 bits per heavy atom. The van der Waals surface area contributed by atoms with Crippen LogP contribution in [0.5, 0.6) is 5.75 Å². The summed E-state index contributed by atoms with van der Waals surface area (Å²) in [5.74, 6) is 0.495. The van der Waals surface area contributed by atoms with E-state index in [4.69, 9.17) is 4.74 Å². The molecule has 1 aromatic rings. The second-order valence-corrected chi connectivity index (χ2v) is 5.17. The number of carbonyl (C=O) groups is 2. The van der Waals surface area contributed by atoms with Gasteiger partial charge < -0.3 is 9.64 Å². The minimum atomic E-state index is -0.103. The number of carbonyl (C=O) groups excluding carboxylic acids is 2. The molecule has 0 saturated carbocycles. The number of hydrogen-bond donors (Lipinski definition) is 0. The van der Waals surface area contributed by atoms with Crippen LogP contribution in [0.25, 0.3) is 0 Å². The fourth-order valence-corrected chi connectivity index (χ4v) is 2.62. The highest BCUT2D eigenvalue weighted by atomic mass is 79.9. The van der Waals surface area contributed by atoms with Crippen LogP contribution in [0.2, 0.25) is 0 Å². The van der Waals surface area contributed by atoms with Crippen LogP contribution in [0.4, 0.5) is 4.79 Å². The zero-order chi connectivity index (χ0) is 13.0. The molecular formula is C11H12BrNO3S. The van der Waals surface area contributed by atoms with Gasteiger partial charge in [-0.3, -0.25) is 9.59 Å². The van der Waals surface area contributed by atoms with Crippen LogP contribution in [0.1, 0.15) is 10.4 Å². The molecule has 0 aliphatic carbocycles. The molecule has 0 saturated heterocycles. The fourth-order valence-electron chi connectivity index (χ4n) is 1.10. The zero-order valence-corrected chi connectivity index (χ0v) is 12.1. The lowest BCUT2D eigenvalue weighted by atomic mass is 10.2. The normalized spacial score (nSPS) is 9.88. The molecule has 0 heterocycles. The average Bonchev–Trinajstić information content (AvgIpc) is 2.29. The van der Waals surface area contributed by atoms with Gasteiger partial charge in [-0.2, -0.15) is 0 Å². The van der Waals surface area contributed by atoms with Crippen molar-refractivity contribution in [2.24, 2.45) is 0 Å². The third kappa shape index (κ3) is 3.23. The molecule has 1 aromatic carbocycles. The van der Waals surface area contributed by atoms with E-state index in [2.05, 4.69) is 15.9 Å². The van der Waals surface area contributed by atoms with Gasteiger partial charge in [0.05, 0.1) is 16.5 Å². The number of methoxy groups -OCH3 is 1. The molecule has 0 unspecified atom stereocenters. The van der Waals surface area contributed by atoms with E-state index in [9.17, 15) is 9.59 Å². The monoisotopic (exact) mass is 317 g/mol. The number of ether oxygens (including phenoxy) is 1. The number of aldehydes is 1. The van der Waals surface area contributed by atoms with Crippen molar-refractivity contribution in [2.45, 2.75) is 4.90 Å². The maximum absolute atomic E-state index is 11.6. The number of hydrogen-bond acceptors (Lipinski definition) is 4. The van der Waals surface area contributed by atoms with Gasteiger partial charge >= 0.3 is 0 Å². The first-order valence-corrected chi connectivity index (χ1v) is 6.33. The Morgan fingerprint density at radius 3 is 2.59 bits per heavy atom. The van der Waals surface area contributed by atoms with Crippen molar-refractivity contribution in [3.63, 3.8) is 0 Å². The van der Waals surface area contributed by atoms with E-state index in [1.807, 2.05) is 0 Å². The number of nitrogens with zero attached hydrogens (tertiary/aromatic N) is 1. The molecule has 0 radical (unpaired) electrons. The van der Waals surface area contributed by atoms with Gasteiger partial charge in [0.1, 0.15) is 5.75 Å². The minimum absolute atomic E-state index is 0.103. The van der Waals surface area contributed by atoms with Crippen molar-refractivity contribution in [3.8, 4) is 5.75 Å². The van der Waals surface area contributed by atoms with Gasteiger partial charge in [0, 0.05) is 19.7 Å². The van der Waals surface area contributed by atoms with Crippen molar-refractivity contribution >= 4 is 39.2 Å². The Morgan fingerprint density at radius 2 is 2.12 bits per heavy atom. The number of halogens is 1. The predicted octanol–water partition coefficient (Wildman–Crippen LogP) is 3.04. The van der Waals surface area contributed by atoms with Crippen LogP contribution in [0, 0.1) is 0 Å². The average molecular weight is 318 g/mol. The summed E-state index contributed by atoms with van der Waals surface area (Å²) in [7, 11) is 4.85. The van der Waals surface area contributed by atoms with Gasteiger partial charge in [-0.25, -0.2) is 0 Å². The first kappa shape index (κ1) is 14.1. The van der Waals surface area contributed by atoms with Crippen LogP contribution < -0.4 is 4.74 Å². The lowest BCUT2D eigenvalue weighted by molar-refractivity contribution is 0.112. The second kappa shape index (κ2) is 6.07. The summed E-state index contributed by atoms with van der Waals surface area (Å²) in [5.41, 5.74) is 0.489. The van der Waals surface area contributed by atoms with Crippen LogP contribution in [0.15, 0.2) is 21.5 Å². The van der Waals surface area contributed by atoms with Crippen molar-refractivity contribution in [2.75, 3.05) is 21.2 Å². The summed E-state index contributed by atoms with van der Waals surface area (Å²) in [6.07, 6.45) is 0.731. The number of benzene rings is 1. The lowest BCUT2D eigenvalue weighted by Gasteiger charge is -2.13. The van der Waals surface area contributed by atoms with Gasteiger partial charge in [0.25, 0.3) is 5.24 Å². The summed E-state index contributed by atoms with van der Waals surface area (Å²) < 4.78 is 5.76. The van der Waals surface area contributed by atoms with Crippen molar-refractivity contribution in [1.82, 2.24) is 4.90 Å². The number of rotatable bonds is 3. The molecule has 0 aromatic heterocycles. The summed E-state index contributed by atoms with van der Waals surface area (Å²) in [5, 5.41) is -0.103. The highest BCUT2D eigenvalue weighted by Gasteiger charge is 2.16. The summed E-state index contributed by atoms with van der Waals surface area (Å²) in [6.45, 7) is 0. The summed E-state index contributed by atoms with van der Waals surface area (Å²) >= 11 is 4.34. The van der Waals surface area contributed by atoms with Gasteiger partial charge in [0.15, 0.2) is 6.29 Å². The third-order valence-corrected chi connectivity index (χ3v) is 3.88. The van der Waals surface area contributed by atoms with Crippen molar-refractivity contribution in [1.29, 1.82) is 0 Å². The zero-order valence-electron chi connectivity index (χ0n) is 9.69. The quantitative estimate of drug-likeness (QED) is 0.635. The third-order valence-electron chi connectivity index (χ3n) is 1.98. The molecule has 1 amide bonds. The second-order valence-electron chi connectivity index (χ2n) is 3.38.